The van der Waals surface area contributed by atoms with Crippen molar-refractivity contribution in [2.75, 3.05) is 39.6 Å². The smallest absolute Gasteiger partial charge is 0.462 e. The Morgan fingerprint density at radius 1 is 0.300 bits per heavy atom. The lowest BCUT2D eigenvalue weighted by atomic mass is 10.0. The summed E-state index contributed by atoms with van der Waals surface area (Å²) in [4.78, 5) is 72.6. The zero-order chi connectivity index (χ0) is 66.6. The number of rotatable bonds is 69. The maximum Gasteiger partial charge on any atom is 0.472 e. The predicted octanol–water partition coefficient (Wildman–Crippen LogP) is 20.2. The van der Waals surface area contributed by atoms with E-state index >= 15 is 0 Å². The van der Waals surface area contributed by atoms with Crippen molar-refractivity contribution in [2.45, 2.75) is 375 Å². The van der Waals surface area contributed by atoms with Gasteiger partial charge in [-0.25, -0.2) is 9.13 Å². The zero-order valence-electron chi connectivity index (χ0n) is 58.6. The third-order valence-corrected chi connectivity index (χ3v) is 18.3. The van der Waals surface area contributed by atoms with Gasteiger partial charge < -0.3 is 33.8 Å². The Balaban J connectivity index is 5.26. The molecule has 0 amide bonds. The summed E-state index contributed by atoms with van der Waals surface area (Å²) in [5.41, 5.74) is 0. The number of carbonyl (C=O) groups is 4. The summed E-state index contributed by atoms with van der Waals surface area (Å²) in [5, 5.41) is 10.6. The normalized spacial score (nSPS) is 14.2. The Bertz CT molecular complexity index is 1770. The highest BCUT2D eigenvalue weighted by Gasteiger charge is 2.30. The fraction of sp³-hybridized carbons (Fsp3) is 0.944. The summed E-state index contributed by atoms with van der Waals surface area (Å²) in [6.45, 7) is 11.8. The second-order valence-electron chi connectivity index (χ2n) is 27.1. The third kappa shape index (κ3) is 64.8. The largest absolute Gasteiger partial charge is 0.472 e. The van der Waals surface area contributed by atoms with Crippen LogP contribution in [0.25, 0.3) is 0 Å². The van der Waals surface area contributed by atoms with Crippen molar-refractivity contribution < 1.29 is 80.2 Å². The summed E-state index contributed by atoms with van der Waals surface area (Å²) >= 11 is 0. The minimum Gasteiger partial charge on any atom is -0.462 e. The molecule has 90 heavy (non-hydrogen) atoms. The van der Waals surface area contributed by atoms with E-state index in [4.69, 9.17) is 37.0 Å². The van der Waals surface area contributed by atoms with Gasteiger partial charge in [0.2, 0.25) is 0 Å². The van der Waals surface area contributed by atoms with Gasteiger partial charge in [-0.05, 0) is 43.4 Å². The Hall–Kier alpha value is -1.94. The lowest BCUT2D eigenvalue weighted by Gasteiger charge is -2.21. The Kier molecular flexibility index (Phi) is 60.6. The van der Waals surface area contributed by atoms with E-state index in [1.807, 2.05) is 0 Å². The van der Waals surface area contributed by atoms with E-state index in [1.54, 1.807) is 0 Å². The number of phosphoric ester groups is 2. The van der Waals surface area contributed by atoms with E-state index in [0.29, 0.717) is 25.7 Å². The predicted molar refractivity (Wildman–Crippen MR) is 363 cm³/mol. The van der Waals surface area contributed by atoms with Crippen molar-refractivity contribution in [3.63, 3.8) is 0 Å². The summed E-state index contributed by atoms with van der Waals surface area (Å²) in [6.07, 6.45) is 45.7. The van der Waals surface area contributed by atoms with Crippen LogP contribution in [0.4, 0.5) is 0 Å². The van der Waals surface area contributed by atoms with Gasteiger partial charge in [-0.15, -0.1) is 0 Å². The molecule has 3 N–H and O–H groups in total. The summed E-state index contributed by atoms with van der Waals surface area (Å²) in [7, 11) is -9.90. The van der Waals surface area contributed by atoms with E-state index in [9.17, 15) is 43.2 Å². The molecule has 5 atom stereocenters. The van der Waals surface area contributed by atoms with Gasteiger partial charge in [0.05, 0.1) is 26.4 Å². The molecule has 0 radical (unpaired) electrons. The van der Waals surface area contributed by atoms with E-state index in [1.165, 1.54) is 167 Å². The topological polar surface area (TPSA) is 237 Å². The van der Waals surface area contributed by atoms with Gasteiger partial charge in [0, 0.05) is 25.7 Å². The molecule has 534 valence electrons. The molecule has 0 spiro atoms. The molecule has 0 saturated carbocycles. The first-order valence-electron chi connectivity index (χ1n) is 36.8. The van der Waals surface area contributed by atoms with Crippen LogP contribution in [0.1, 0.15) is 357 Å². The van der Waals surface area contributed by atoms with Crippen LogP contribution in [0.15, 0.2) is 0 Å². The molecule has 0 aromatic heterocycles. The number of aliphatic hydroxyl groups excluding tert-OH is 1. The molecular weight excluding hydrogens is 1190 g/mol. The number of hydrogen-bond donors (Lipinski definition) is 3. The van der Waals surface area contributed by atoms with E-state index < -0.39 is 97.5 Å². The molecule has 0 aromatic carbocycles. The van der Waals surface area contributed by atoms with Crippen molar-refractivity contribution >= 4 is 39.5 Å². The Labute approximate surface area is 549 Å². The summed E-state index contributed by atoms with van der Waals surface area (Å²) < 4.78 is 68.3. The molecule has 0 aromatic rings. The van der Waals surface area contributed by atoms with E-state index in [0.717, 1.165) is 108 Å². The van der Waals surface area contributed by atoms with Gasteiger partial charge in [-0.1, -0.05) is 305 Å². The molecule has 0 fully saturated rings. The lowest BCUT2D eigenvalue weighted by molar-refractivity contribution is -0.161. The molecule has 0 aliphatic heterocycles. The lowest BCUT2D eigenvalue weighted by Crippen LogP contribution is -2.30. The molecule has 0 aliphatic rings. The first-order valence-corrected chi connectivity index (χ1v) is 39.8. The molecule has 0 heterocycles. The van der Waals surface area contributed by atoms with Gasteiger partial charge in [-0.3, -0.25) is 37.3 Å². The highest BCUT2D eigenvalue weighted by Crippen LogP contribution is 2.45. The number of unbranched alkanes of at least 4 members (excludes halogenated alkanes) is 37. The quantitative estimate of drug-likeness (QED) is 0.0222. The Morgan fingerprint density at radius 3 is 0.756 bits per heavy atom. The van der Waals surface area contributed by atoms with Gasteiger partial charge in [0.25, 0.3) is 0 Å². The average Bonchev–Trinajstić information content (AvgIpc) is 2.78. The highest BCUT2D eigenvalue weighted by molar-refractivity contribution is 7.47. The number of ether oxygens (including phenoxy) is 4. The third-order valence-electron chi connectivity index (χ3n) is 16.4. The first-order chi connectivity index (χ1) is 43.2. The summed E-state index contributed by atoms with van der Waals surface area (Å²) in [6, 6.07) is 0. The minimum atomic E-state index is -4.95. The van der Waals surface area contributed by atoms with Crippen LogP contribution in [0, 0.1) is 17.8 Å². The average molecular weight is 1330 g/mol. The second-order valence-corrected chi connectivity index (χ2v) is 30.0. The number of aliphatic hydroxyl groups is 1. The zero-order valence-corrected chi connectivity index (χ0v) is 60.4. The number of hydrogen-bond acceptors (Lipinski definition) is 15. The van der Waals surface area contributed by atoms with Crippen molar-refractivity contribution in [3.05, 3.63) is 0 Å². The van der Waals surface area contributed by atoms with Crippen LogP contribution in [0.5, 0.6) is 0 Å². The molecule has 0 aliphatic carbocycles. The van der Waals surface area contributed by atoms with Crippen molar-refractivity contribution in [1.29, 1.82) is 0 Å². The maximum atomic E-state index is 13.0. The Morgan fingerprint density at radius 2 is 0.511 bits per heavy atom. The molecule has 2 unspecified atom stereocenters. The van der Waals surface area contributed by atoms with Crippen LogP contribution >= 0.6 is 15.6 Å². The van der Waals surface area contributed by atoms with Gasteiger partial charge in [0.15, 0.2) is 12.2 Å². The van der Waals surface area contributed by atoms with Gasteiger partial charge in [-0.2, -0.15) is 0 Å². The molecule has 19 heteroatoms. The SMILES string of the molecule is CCCCCCCCCCCCCC(=O)OC[C@H](COP(=O)(O)OC[C@H](O)COP(=O)(O)OC[C@@H](COC(=O)CCCCCCCCCCCCCC(C)C)OC(=O)CCCCCCCCCCCCCC(C)C)OC(=O)CCCCCCCCCCC(C)C. The first kappa shape index (κ1) is 88.1. The molecule has 0 saturated heterocycles. The molecule has 0 rings (SSSR count). The number of carbonyl (C=O) groups excluding carboxylic acids is 4. The van der Waals surface area contributed by atoms with Crippen LogP contribution < -0.4 is 0 Å². The molecule has 0 bridgehead atoms. The standard InChI is InChI=1S/C71H138O17P2/c1-8-9-10-11-12-13-16-23-31-38-45-52-68(73)81-59-67(88-71(76)55-48-41-34-27-26-30-37-44-51-64(6)7)61-86-90(79,80)84-57-65(72)56-83-89(77,78)85-60-66(87-70(75)54-47-40-33-25-20-15-18-22-29-36-43-50-63(4)5)58-82-69(74)53-46-39-32-24-19-14-17-21-28-35-42-49-62(2)3/h62-67,72H,8-61H2,1-7H3,(H,77,78)(H,79,80)/t65-,66-,67-/m1/s1. The van der Waals surface area contributed by atoms with Gasteiger partial charge >= 0.3 is 39.5 Å². The van der Waals surface area contributed by atoms with Gasteiger partial charge in [0.1, 0.15) is 19.3 Å². The van der Waals surface area contributed by atoms with Crippen LogP contribution in [-0.2, 0) is 65.4 Å². The maximum absolute atomic E-state index is 13.0. The van der Waals surface area contributed by atoms with Crippen molar-refractivity contribution in [1.82, 2.24) is 0 Å². The highest BCUT2D eigenvalue weighted by atomic mass is 31.2. The van der Waals surface area contributed by atoms with Crippen LogP contribution in [0.3, 0.4) is 0 Å². The number of esters is 4. The van der Waals surface area contributed by atoms with E-state index in [-0.39, 0.29) is 25.7 Å². The van der Waals surface area contributed by atoms with Crippen LogP contribution in [-0.4, -0.2) is 96.7 Å². The van der Waals surface area contributed by atoms with Crippen molar-refractivity contribution in [2.24, 2.45) is 17.8 Å². The monoisotopic (exact) mass is 1320 g/mol. The molecule has 17 nitrogen and oxygen atoms in total. The number of phosphoric acid groups is 2. The van der Waals surface area contributed by atoms with Crippen LogP contribution in [0.2, 0.25) is 0 Å². The summed E-state index contributed by atoms with van der Waals surface area (Å²) in [5.74, 6) is 0.129. The fourth-order valence-corrected chi connectivity index (χ4v) is 12.3. The molecular formula is C71H138O17P2. The fourth-order valence-electron chi connectivity index (χ4n) is 10.7. The van der Waals surface area contributed by atoms with Crippen molar-refractivity contribution in [3.8, 4) is 0 Å². The van der Waals surface area contributed by atoms with E-state index in [2.05, 4.69) is 48.5 Å². The minimum absolute atomic E-state index is 0.104. The second kappa shape index (κ2) is 61.9.